The quantitative estimate of drug-likeness (QED) is 0.930. The molecule has 2 atom stereocenters. The lowest BCUT2D eigenvalue weighted by Gasteiger charge is -2.36. The fourth-order valence-electron chi connectivity index (χ4n) is 2.93. The van der Waals surface area contributed by atoms with E-state index in [0.29, 0.717) is 0 Å². The number of amides is 1. The van der Waals surface area contributed by atoms with Crippen LogP contribution in [0.1, 0.15) is 25.8 Å². The number of aromatic amines is 1. The number of aryl methyl sites for hydroxylation is 1. The van der Waals surface area contributed by atoms with Crippen LogP contribution in [0.5, 0.6) is 0 Å². The first kappa shape index (κ1) is 15.7. The van der Waals surface area contributed by atoms with Gasteiger partial charge in [0.05, 0.1) is 0 Å². The summed E-state index contributed by atoms with van der Waals surface area (Å²) in [6.45, 7) is 3.37. The summed E-state index contributed by atoms with van der Waals surface area (Å²) in [5, 5.41) is -1.36. The second-order valence-electron chi connectivity index (χ2n) is 5.81. The lowest BCUT2D eigenvalue weighted by atomic mass is 9.96. The highest BCUT2D eigenvalue weighted by molar-refractivity contribution is 7.92. The van der Waals surface area contributed by atoms with Gasteiger partial charge in [-0.25, -0.2) is 13.4 Å². The topological polar surface area (TPSA) is 83.1 Å². The number of aromatic nitrogens is 2. The van der Waals surface area contributed by atoms with Gasteiger partial charge in [0.25, 0.3) is 0 Å². The Balaban J connectivity index is 1.97. The van der Waals surface area contributed by atoms with E-state index < -0.39 is 21.0 Å². The molecule has 0 saturated heterocycles. The van der Waals surface area contributed by atoms with Gasteiger partial charge in [-0.05, 0) is 38.3 Å². The summed E-state index contributed by atoms with van der Waals surface area (Å²) in [6.07, 6.45) is 4.50. The lowest BCUT2D eigenvalue weighted by molar-refractivity contribution is -0.118. The lowest BCUT2D eigenvalue weighted by Crippen LogP contribution is -2.48. The van der Waals surface area contributed by atoms with Crippen LogP contribution >= 0.6 is 0 Å². The molecule has 0 bridgehead atoms. The number of rotatable bonds is 3. The molecule has 1 aromatic carbocycles. The molecule has 6 nitrogen and oxygen atoms in total. The molecule has 7 heteroatoms. The third-order valence-corrected chi connectivity index (χ3v) is 6.21. The minimum Gasteiger partial charge on any atom is -0.336 e. The first-order chi connectivity index (χ1) is 10.9. The number of nitrogens with one attached hydrogen (secondary N) is 1. The van der Waals surface area contributed by atoms with Crippen molar-refractivity contribution in [2.45, 2.75) is 43.1 Å². The van der Waals surface area contributed by atoms with E-state index in [4.69, 9.17) is 0 Å². The molecule has 1 aromatic heterocycles. The fourth-order valence-corrected chi connectivity index (χ4v) is 4.08. The Hall–Kier alpha value is -2.15. The van der Waals surface area contributed by atoms with E-state index in [2.05, 4.69) is 9.97 Å². The number of fused-ring (bicyclic) bond motifs is 1. The Morgan fingerprint density at radius 3 is 2.83 bits per heavy atom. The second-order valence-corrected chi connectivity index (χ2v) is 7.99. The average molecular weight is 333 g/mol. The molecule has 0 fully saturated rings. The summed E-state index contributed by atoms with van der Waals surface area (Å²) in [4.78, 5) is 20.9. The monoisotopic (exact) mass is 333 g/mol. The molecule has 1 amide bonds. The summed E-state index contributed by atoms with van der Waals surface area (Å²) in [5.74, 6) is -0.416. The van der Waals surface area contributed by atoms with E-state index >= 15 is 0 Å². The van der Waals surface area contributed by atoms with Gasteiger partial charge in [-0.2, -0.15) is 0 Å². The third-order valence-electron chi connectivity index (χ3n) is 4.32. The maximum absolute atomic E-state index is 12.9. The maximum atomic E-state index is 12.9. The highest BCUT2D eigenvalue weighted by atomic mass is 32.2. The van der Waals surface area contributed by atoms with Crippen LogP contribution in [-0.4, -0.2) is 35.6 Å². The number of hydrogen-bond acceptors (Lipinski definition) is 4. The minimum atomic E-state index is -3.83. The molecule has 0 saturated carbocycles. The third kappa shape index (κ3) is 2.65. The Morgan fingerprint density at radius 1 is 1.39 bits per heavy atom. The number of carbonyl (C=O) groups is 1. The van der Waals surface area contributed by atoms with Crippen LogP contribution in [0.3, 0.4) is 0 Å². The zero-order valence-corrected chi connectivity index (χ0v) is 13.9. The number of H-pyrrole nitrogens is 1. The molecule has 0 spiro atoms. The maximum Gasteiger partial charge on any atom is 0.245 e. The van der Waals surface area contributed by atoms with Crippen LogP contribution in [0.25, 0.3) is 0 Å². The summed E-state index contributed by atoms with van der Waals surface area (Å²) in [7, 11) is -3.83. The average Bonchev–Trinajstić information content (AvgIpc) is 3.08. The van der Waals surface area contributed by atoms with Gasteiger partial charge in [0.1, 0.15) is 5.25 Å². The van der Waals surface area contributed by atoms with E-state index in [1.807, 2.05) is 31.2 Å². The molecular formula is C16H19N3O3S. The standard InChI is InChI=1S/C16H19N3O3S/c1-11-7-8-13-5-3-4-6-14(13)19(11)15(20)12(2)23(21,22)16-17-9-10-18-16/h3-6,9-12H,7-8H2,1-2H3,(H,17,18)/t11-,12-/m0/s1. The number of hydrogen-bond donors (Lipinski definition) is 1. The number of benzene rings is 1. The Kier molecular flexibility index (Phi) is 3.97. The number of sulfone groups is 1. The summed E-state index contributed by atoms with van der Waals surface area (Å²) in [6, 6.07) is 7.61. The van der Waals surface area contributed by atoms with E-state index in [-0.39, 0.29) is 11.2 Å². The molecule has 0 radical (unpaired) electrons. The molecular weight excluding hydrogens is 314 g/mol. The Morgan fingerprint density at radius 2 is 2.13 bits per heavy atom. The second kappa shape index (κ2) is 5.81. The number of anilines is 1. The highest BCUT2D eigenvalue weighted by Gasteiger charge is 2.38. The van der Waals surface area contributed by atoms with Crippen molar-refractivity contribution < 1.29 is 13.2 Å². The van der Waals surface area contributed by atoms with Gasteiger partial charge in [-0.15, -0.1) is 0 Å². The number of carbonyl (C=O) groups excluding carboxylic acids is 1. The SMILES string of the molecule is C[C@H]1CCc2ccccc2N1C(=O)[C@H](C)S(=O)(=O)c1ncc[nH]1. The van der Waals surface area contributed by atoms with Crippen molar-refractivity contribution >= 4 is 21.4 Å². The molecule has 1 N–H and O–H groups in total. The van der Waals surface area contributed by atoms with Crippen LogP contribution in [0.15, 0.2) is 41.8 Å². The van der Waals surface area contributed by atoms with Crippen molar-refractivity contribution in [3.05, 3.63) is 42.2 Å². The number of para-hydroxylation sites is 1. The summed E-state index contributed by atoms with van der Waals surface area (Å²) >= 11 is 0. The van der Waals surface area contributed by atoms with Crippen molar-refractivity contribution in [2.24, 2.45) is 0 Å². The molecule has 2 heterocycles. The van der Waals surface area contributed by atoms with E-state index in [1.54, 1.807) is 4.90 Å². The number of imidazole rings is 1. The number of nitrogens with zero attached hydrogens (tertiary/aromatic N) is 2. The first-order valence-corrected chi connectivity index (χ1v) is 9.12. The minimum absolute atomic E-state index is 0.0355. The predicted molar refractivity (Wildman–Crippen MR) is 86.9 cm³/mol. The van der Waals surface area contributed by atoms with Crippen molar-refractivity contribution in [2.75, 3.05) is 4.90 Å². The molecule has 2 aromatic rings. The van der Waals surface area contributed by atoms with Crippen molar-refractivity contribution in [1.82, 2.24) is 9.97 Å². The van der Waals surface area contributed by atoms with Gasteiger partial charge in [0, 0.05) is 24.1 Å². The highest BCUT2D eigenvalue weighted by Crippen LogP contribution is 2.32. The van der Waals surface area contributed by atoms with Crippen molar-refractivity contribution in [3.8, 4) is 0 Å². The molecule has 23 heavy (non-hydrogen) atoms. The van der Waals surface area contributed by atoms with Crippen LogP contribution < -0.4 is 4.90 Å². The smallest absolute Gasteiger partial charge is 0.245 e. The largest absolute Gasteiger partial charge is 0.336 e. The molecule has 3 rings (SSSR count). The zero-order chi connectivity index (χ0) is 16.6. The van der Waals surface area contributed by atoms with Crippen molar-refractivity contribution in [3.63, 3.8) is 0 Å². The van der Waals surface area contributed by atoms with Crippen molar-refractivity contribution in [1.29, 1.82) is 0 Å². The van der Waals surface area contributed by atoms with Gasteiger partial charge in [-0.3, -0.25) is 4.79 Å². The van der Waals surface area contributed by atoms with Gasteiger partial charge >= 0.3 is 0 Å². The fraction of sp³-hybridized carbons (Fsp3) is 0.375. The first-order valence-electron chi connectivity index (χ1n) is 7.57. The molecule has 0 unspecified atom stereocenters. The van der Waals surface area contributed by atoms with Crippen LogP contribution in [0.4, 0.5) is 5.69 Å². The van der Waals surface area contributed by atoms with E-state index in [9.17, 15) is 13.2 Å². The van der Waals surface area contributed by atoms with E-state index in [0.717, 1.165) is 24.1 Å². The molecule has 1 aliphatic rings. The Bertz CT molecular complexity index is 815. The summed E-state index contributed by atoms with van der Waals surface area (Å²) in [5.41, 5.74) is 1.87. The normalized spacial score (nSPS) is 19.2. The Labute approximate surface area is 135 Å². The molecule has 122 valence electrons. The van der Waals surface area contributed by atoms with Crippen LogP contribution in [0.2, 0.25) is 0 Å². The van der Waals surface area contributed by atoms with E-state index in [1.165, 1.54) is 19.3 Å². The summed E-state index contributed by atoms with van der Waals surface area (Å²) < 4.78 is 25.1. The van der Waals surface area contributed by atoms with Crippen LogP contribution in [-0.2, 0) is 21.1 Å². The molecule has 1 aliphatic heterocycles. The van der Waals surface area contributed by atoms with Gasteiger partial charge in [0.15, 0.2) is 0 Å². The zero-order valence-electron chi connectivity index (χ0n) is 13.1. The predicted octanol–water partition coefficient (Wildman–Crippen LogP) is 1.94. The van der Waals surface area contributed by atoms with Gasteiger partial charge in [0.2, 0.25) is 20.9 Å². The van der Waals surface area contributed by atoms with Gasteiger partial charge < -0.3 is 9.88 Å². The van der Waals surface area contributed by atoms with Gasteiger partial charge in [-0.1, -0.05) is 18.2 Å². The van der Waals surface area contributed by atoms with Crippen LogP contribution in [0, 0.1) is 0 Å². The molecule has 0 aliphatic carbocycles.